The molecule has 0 aromatic heterocycles. The third-order valence-corrected chi connectivity index (χ3v) is 3.95. The summed E-state index contributed by atoms with van der Waals surface area (Å²) in [6.45, 7) is 7.66. The van der Waals surface area contributed by atoms with E-state index in [9.17, 15) is 0 Å². The van der Waals surface area contributed by atoms with E-state index in [0.717, 1.165) is 18.9 Å². The van der Waals surface area contributed by atoms with E-state index < -0.39 is 0 Å². The molecule has 0 saturated heterocycles. The molecule has 1 fully saturated rings. The third-order valence-electron chi connectivity index (χ3n) is 3.95. The minimum Gasteiger partial charge on any atom is -0.379 e. The van der Waals surface area contributed by atoms with Crippen LogP contribution in [0, 0.1) is 5.92 Å². The van der Waals surface area contributed by atoms with Crippen LogP contribution in [0.25, 0.3) is 0 Å². The molecule has 1 N–H and O–H groups in total. The van der Waals surface area contributed by atoms with Crippen LogP contribution >= 0.6 is 0 Å². The topological polar surface area (TPSA) is 21.3 Å². The lowest BCUT2D eigenvalue weighted by atomic mass is 9.80. The third kappa shape index (κ3) is 4.42. The Morgan fingerprint density at radius 2 is 1.88 bits per heavy atom. The van der Waals surface area contributed by atoms with Gasteiger partial charge in [-0.1, -0.05) is 26.2 Å². The van der Waals surface area contributed by atoms with Crippen LogP contribution in [0.4, 0.5) is 0 Å². The second-order valence-corrected chi connectivity index (χ2v) is 5.73. The number of hydrogen-bond donors (Lipinski definition) is 1. The van der Waals surface area contributed by atoms with Gasteiger partial charge in [-0.05, 0) is 45.6 Å². The summed E-state index contributed by atoms with van der Waals surface area (Å²) < 4.78 is 5.57. The van der Waals surface area contributed by atoms with Gasteiger partial charge in [0.1, 0.15) is 0 Å². The van der Waals surface area contributed by atoms with Crippen LogP contribution < -0.4 is 5.32 Å². The van der Waals surface area contributed by atoms with E-state index in [4.69, 9.17) is 4.74 Å². The minimum absolute atomic E-state index is 0.00425. The summed E-state index contributed by atoms with van der Waals surface area (Å²) in [5.41, 5.74) is 0.00425. The molecule has 1 rings (SSSR count). The average Bonchev–Trinajstić information content (AvgIpc) is 2.29. The molecule has 0 aromatic rings. The Bertz CT molecular complexity index is 185. The standard InChI is InChI=1S/C14H29NO/c1-5-15-13(11-14(2,3)16-4)12-9-7-6-8-10-12/h12-13,15H,5-11H2,1-4H3. The Morgan fingerprint density at radius 1 is 1.25 bits per heavy atom. The monoisotopic (exact) mass is 227 g/mol. The molecule has 1 atom stereocenters. The van der Waals surface area contributed by atoms with Crippen LogP contribution in [0.15, 0.2) is 0 Å². The maximum atomic E-state index is 5.57. The Morgan fingerprint density at radius 3 is 2.38 bits per heavy atom. The van der Waals surface area contributed by atoms with Crippen LogP contribution in [-0.2, 0) is 4.74 Å². The molecule has 1 unspecified atom stereocenters. The number of rotatable bonds is 6. The molecule has 0 heterocycles. The van der Waals surface area contributed by atoms with Gasteiger partial charge in [-0.3, -0.25) is 0 Å². The quantitative estimate of drug-likeness (QED) is 0.751. The van der Waals surface area contributed by atoms with E-state index in [1.807, 2.05) is 7.11 Å². The van der Waals surface area contributed by atoms with E-state index >= 15 is 0 Å². The summed E-state index contributed by atoms with van der Waals surface area (Å²) in [6.07, 6.45) is 8.19. The van der Waals surface area contributed by atoms with Crippen molar-refractivity contribution >= 4 is 0 Å². The van der Waals surface area contributed by atoms with Crippen LogP contribution in [0.1, 0.15) is 59.3 Å². The molecule has 0 spiro atoms. The number of nitrogens with one attached hydrogen (secondary N) is 1. The van der Waals surface area contributed by atoms with Gasteiger partial charge in [0.2, 0.25) is 0 Å². The van der Waals surface area contributed by atoms with Gasteiger partial charge in [0.15, 0.2) is 0 Å². The molecule has 1 aliphatic rings. The number of methoxy groups -OCH3 is 1. The molecule has 0 aliphatic heterocycles. The van der Waals surface area contributed by atoms with Crippen LogP contribution in [-0.4, -0.2) is 25.3 Å². The molecule has 1 saturated carbocycles. The Kier molecular flexibility index (Phi) is 5.77. The molecule has 0 radical (unpaired) electrons. The molecule has 96 valence electrons. The van der Waals surface area contributed by atoms with Crippen molar-refractivity contribution in [3.63, 3.8) is 0 Å². The molecule has 1 aliphatic carbocycles. The van der Waals surface area contributed by atoms with Gasteiger partial charge in [0.05, 0.1) is 5.60 Å². The Balaban J connectivity index is 2.51. The van der Waals surface area contributed by atoms with Gasteiger partial charge >= 0.3 is 0 Å². The van der Waals surface area contributed by atoms with Gasteiger partial charge < -0.3 is 10.1 Å². The van der Waals surface area contributed by atoms with Crippen molar-refractivity contribution in [2.45, 2.75) is 70.9 Å². The second kappa shape index (κ2) is 6.61. The van der Waals surface area contributed by atoms with Crippen LogP contribution in [0.5, 0.6) is 0 Å². The maximum absolute atomic E-state index is 5.57. The fraction of sp³-hybridized carbons (Fsp3) is 1.00. The zero-order valence-electron chi connectivity index (χ0n) is 11.5. The van der Waals surface area contributed by atoms with E-state index in [-0.39, 0.29) is 5.60 Å². The highest BCUT2D eigenvalue weighted by Crippen LogP contribution is 2.30. The lowest BCUT2D eigenvalue weighted by Gasteiger charge is -2.36. The highest BCUT2D eigenvalue weighted by atomic mass is 16.5. The van der Waals surface area contributed by atoms with Crippen LogP contribution in [0.2, 0.25) is 0 Å². The molecule has 2 nitrogen and oxygen atoms in total. The highest BCUT2D eigenvalue weighted by molar-refractivity contribution is 4.85. The van der Waals surface area contributed by atoms with Crippen molar-refractivity contribution in [3.05, 3.63) is 0 Å². The lowest BCUT2D eigenvalue weighted by molar-refractivity contribution is -0.000383. The summed E-state index contributed by atoms with van der Waals surface area (Å²) in [7, 11) is 1.82. The van der Waals surface area contributed by atoms with Crippen molar-refractivity contribution in [2.24, 2.45) is 5.92 Å². The van der Waals surface area contributed by atoms with Crippen molar-refractivity contribution < 1.29 is 4.74 Å². The van der Waals surface area contributed by atoms with E-state index in [0.29, 0.717) is 6.04 Å². The lowest BCUT2D eigenvalue weighted by Crippen LogP contribution is -2.43. The molecular formula is C14H29NO. The predicted molar refractivity (Wildman–Crippen MR) is 69.7 cm³/mol. The summed E-state index contributed by atoms with van der Waals surface area (Å²) in [5, 5.41) is 3.66. The number of ether oxygens (including phenoxy) is 1. The number of hydrogen-bond acceptors (Lipinski definition) is 2. The van der Waals surface area contributed by atoms with Crippen molar-refractivity contribution in [1.82, 2.24) is 5.32 Å². The first-order valence-electron chi connectivity index (χ1n) is 6.87. The van der Waals surface area contributed by atoms with Crippen molar-refractivity contribution in [3.8, 4) is 0 Å². The smallest absolute Gasteiger partial charge is 0.0637 e. The van der Waals surface area contributed by atoms with E-state index in [1.165, 1.54) is 32.1 Å². The fourth-order valence-electron chi connectivity index (χ4n) is 2.82. The second-order valence-electron chi connectivity index (χ2n) is 5.73. The highest BCUT2D eigenvalue weighted by Gasteiger charge is 2.29. The minimum atomic E-state index is 0.00425. The Hall–Kier alpha value is -0.0800. The molecule has 16 heavy (non-hydrogen) atoms. The SMILES string of the molecule is CCNC(CC(C)(C)OC)C1CCCCC1. The Labute approximate surface area is 101 Å². The van der Waals surface area contributed by atoms with E-state index in [1.54, 1.807) is 0 Å². The normalized spacial score (nSPS) is 21.0. The summed E-state index contributed by atoms with van der Waals surface area (Å²) >= 11 is 0. The van der Waals surface area contributed by atoms with Crippen molar-refractivity contribution in [2.75, 3.05) is 13.7 Å². The summed E-state index contributed by atoms with van der Waals surface area (Å²) in [6, 6.07) is 0.639. The molecule has 0 aromatic carbocycles. The van der Waals surface area contributed by atoms with E-state index in [2.05, 4.69) is 26.1 Å². The van der Waals surface area contributed by atoms with Gasteiger partial charge in [-0.2, -0.15) is 0 Å². The molecule has 0 amide bonds. The van der Waals surface area contributed by atoms with Gasteiger partial charge in [-0.25, -0.2) is 0 Å². The first kappa shape index (κ1) is 14.0. The summed E-state index contributed by atoms with van der Waals surface area (Å²) in [5.74, 6) is 0.864. The predicted octanol–water partition coefficient (Wildman–Crippen LogP) is 3.36. The fourth-order valence-corrected chi connectivity index (χ4v) is 2.82. The molecule has 0 bridgehead atoms. The van der Waals surface area contributed by atoms with Gasteiger partial charge in [0.25, 0.3) is 0 Å². The largest absolute Gasteiger partial charge is 0.379 e. The summed E-state index contributed by atoms with van der Waals surface area (Å²) in [4.78, 5) is 0. The zero-order chi connectivity index (χ0) is 12.0. The molecular weight excluding hydrogens is 198 g/mol. The first-order chi connectivity index (χ1) is 7.59. The zero-order valence-corrected chi connectivity index (χ0v) is 11.5. The van der Waals surface area contributed by atoms with Gasteiger partial charge in [-0.15, -0.1) is 0 Å². The van der Waals surface area contributed by atoms with Crippen molar-refractivity contribution in [1.29, 1.82) is 0 Å². The van der Waals surface area contributed by atoms with Gasteiger partial charge in [0, 0.05) is 13.2 Å². The molecule has 2 heteroatoms. The van der Waals surface area contributed by atoms with Crippen LogP contribution in [0.3, 0.4) is 0 Å². The first-order valence-corrected chi connectivity index (χ1v) is 6.87. The maximum Gasteiger partial charge on any atom is 0.0637 e. The average molecular weight is 227 g/mol.